The summed E-state index contributed by atoms with van der Waals surface area (Å²) in [5, 5.41) is 0.624. The van der Waals surface area contributed by atoms with E-state index in [1.807, 2.05) is 12.1 Å². The smallest absolute Gasteiger partial charge is 0.262 e. The molecule has 24 heavy (non-hydrogen) atoms. The van der Waals surface area contributed by atoms with E-state index in [9.17, 15) is 14.4 Å². The van der Waals surface area contributed by atoms with Crippen LogP contribution in [0.4, 0.5) is 0 Å². The molecular weight excluding hydrogens is 328 g/mol. The molecular formula is C18H15ClN2O3. The number of imide groups is 1. The van der Waals surface area contributed by atoms with Gasteiger partial charge in [-0.2, -0.15) is 0 Å². The van der Waals surface area contributed by atoms with Crippen LogP contribution in [0.3, 0.4) is 0 Å². The lowest BCUT2D eigenvalue weighted by Crippen LogP contribution is -2.40. The average molecular weight is 343 g/mol. The Hall–Kier alpha value is -2.66. The van der Waals surface area contributed by atoms with E-state index in [1.54, 1.807) is 43.4 Å². The van der Waals surface area contributed by atoms with Crippen LogP contribution in [-0.2, 0) is 11.3 Å². The predicted molar refractivity (Wildman–Crippen MR) is 89.7 cm³/mol. The minimum Gasteiger partial charge on any atom is -0.340 e. The summed E-state index contributed by atoms with van der Waals surface area (Å²) in [6.07, 6.45) is 0. The monoisotopic (exact) mass is 342 g/mol. The van der Waals surface area contributed by atoms with Gasteiger partial charge in [0, 0.05) is 18.6 Å². The molecule has 0 fully saturated rings. The normalized spacial score (nSPS) is 13.2. The first kappa shape index (κ1) is 16.2. The molecule has 0 saturated carbocycles. The molecule has 0 aromatic heterocycles. The fourth-order valence-corrected chi connectivity index (χ4v) is 2.72. The number of amides is 3. The molecule has 6 heteroatoms. The van der Waals surface area contributed by atoms with Crippen LogP contribution in [-0.4, -0.2) is 41.1 Å². The van der Waals surface area contributed by atoms with E-state index in [0.717, 1.165) is 10.5 Å². The minimum absolute atomic E-state index is 0.267. The number of rotatable bonds is 4. The molecule has 0 N–H and O–H groups in total. The maximum atomic E-state index is 12.4. The molecule has 0 bridgehead atoms. The van der Waals surface area contributed by atoms with Crippen molar-refractivity contribution >= 4 is 29.3 Å². The first-order valence-electron chi connectivity index (χ1n) is 7.41. The highest BCUT2D eigenvalue weighted by Gasteiger charge is 2.36. The van der Waals surface area contributed by atoms with Gasteiger partial charge in [-0.1, -0.05) is 35.9 Å². The van der Waals surface area contributed by atoms with Crippen molar-refractivity contribution in [2.45, 2.75) is 6.54 Å². The summed E-state index contributed by atoms with van der Waals surface area (Å²) >= 11 is 5.84. The number of likely N-dealkylation sites (N-methyl/N-ethyl adjacent to an activating group) is 1. The molecule has 3 rings (SSSR count). The van der Waals surface area contributed by atoms with Crippen molar-refractivity contribution in [3.63, 3.8) is 0 Å². The Labute approximate surface area is 144 Å². The minimum atomic E-state index is -0.427. The van der Waals surface area contributed by atoms with Gasteiger partial charge in [0.1, 0.15) is 6.54 Å². The molecule has 0 aliphatic carbocycles. The second-order valence-electron chi connectivity index (χ2n) is 5.62. The Morgan fingerprint density at radius 3 is 2.08 bits per heavy atom. The third-order valence-corrected chi connectivity index (χ3v) is 4.18. The predicted octanol–water partition coefficient (Wildman–Crippen LogP) is 2.59. The summed E-state index contributed by atoms with van der Waals surface area (Å²) < 4.78 is 0. The summed E-state index contributed by atoms with van der Waals surface area (Å²) in [6, 6.07) is 13.7. The topological polar surface area (TPSA) is 57.7 Å². The van der Waals surface area contributed by atoms with Gasteiger partial charge in [0.2, 0.25) is 5.91 Å². The van der Waals surface area contributed by atoms with Crippen LogP contribution in [0.2, 0.25) is 5.02 Å². The van der Waals surface area contributed by atoms with Crippen LogP contribution in [0.15, 0.2) is 48.5 Å². The highest BCUT2D eigenvalue weighted by molar-refractivity contribution is 6.30. The molecule has 0 unspecified atom stereocenters. The van der Waals surface area contributed by atoms with Crippen LogP contribution in [0, 0.1) is 0 Å². The van der Waals surface area contributed by atoms with Crippen LogP contribution in [0.25, 0.3) is 0 Å². The molecule has 1 aliphatic heterocycles. The number of hydrogen-bond acceptors (Lipinski definition) is 3. The third-order valence-electron chi connectivity index (χ3n) is 3.93. The SMILES string of the molecule is CN(Cc1ccc(Cl)cc1)C(=O)CN1C(=O)c2ccccc2C1=O. The van der Waals surface area contributed by atoms with E-state index >= 15 is 0 Å². The maximum Gasteiger partial charge on any atom is 0.262 e. The highest BCUT2D eigenvalue weighted by atomic mass is 35.5. The molecule has 3 amide bonds. The zero-order valence-electron chi connectivity index (χ0n) is 13.0. The zero-order chi connectivity index (χ0) is 17.3. The Balaban J connectivity index is 1.68. The number of halogens is 1. The second-order valence-corrected chi connectivity index (χ2v) is 6.05. The molecule has 0 atom stereocenters. The van der Waals surface area contributed by atoms with Gasteiger partial charge in [-0.3, -0.25) is 19.3 Å². The largest absolute Gasteiger partial charge is 0.340 e. The van der Waals surface area contributed by atoms with Crippen LogP contribution < -0.4 is 0 Å². The lowest BCUT2D eigenvalue weighted by Gasteiger charge is -2.20. The summed E-state index contributed by atoms with van der Waals surface area (Å²) in [5.41, 5.74) is 1.60. The Morgan fingerprint density at radius 1 is 1.00 bits per heavy atom. The maximum absolute atomic E-state index is 12.4. The number of hydrogen-bond donors (Lipinski definition) is 0. The van der Waals surface area contributed by atoms with E-state index in [2.05, 4.69) is 0 Å². The molecule has 2 aromatic rings. The van der Waals surface area contributed by atoms with Gasteiger partial charge in [-0.25, -0.2) is 0 Å². The van der Waals surface area contributed by atoms with Gasteiger partial charge < -0.3 is 4.90 Å². The summed E-state index contributed by atoms with van der Waals surface area (Å²) in [7, 11) is 1.63. The quantitative estimate of drug-likeness (QED) is 0.802. The molecule has 5 nitrogen and oxygen atoms in total. The van der Waals surface area contributed by atoms with Gasteiger partial charge in [0.05, 0.1) is 11.1 Å². The van der Waals surface area contributed by atoms with Crippen LogP contribution >= 0.6 is 11.6 Å². The molecule has 2 aromatic carbocycles. The number of carbonyl (C=O) groups excluding carboxylic acids is 3. The fraction of sp³-hybridized carbons (Fsp3) is 0.167. The van der Waals surface area contributed by atoms with E-state index in [0.29, 0.717) is 22.7 Å². The van der Waals surface area contributed by atoms with E-state index in [1.165, 1.54) is 4.90 Å². The van der Waals surface area contributed by atoms with Crippen molar-refractivity contribution in [2.24, 2.45) is 0 Å². The van der Waals surface area contributed by atoms with E-state index in [4.69, 9.17) is 11.6 Å². The highest BCUT2D eigenvalue weighted by Crippen LogP contribution is 2.22. The number of nitrogens with zero attached hydrogens (tertiary/aromatic N) is 2. The second kappa shape index (κ2) is 6.45. The average Bonchev–Trinajstić information content (AvgIpc) is 2.82. The van der Waals surface area contributed by atoms with E-state index in [-0.39, 0.29) is 12.5 Å². The van der Waals surface area contributed by atoms with E-state index < -0.39 is 11.8 Å². The molecule has 0 radical (unpaired) electrons. The lowest BCUT2D eigenvalue weighted by atomic mass is 10.1. The van der Waals surface area contributed by atoms with Crippen molar-refractivity contribution in [2.75, 3.05) is 13.6 Å². The molecule has 1 heterocycles. The van der Waals surface area contributed by atoms with Gasteiger partial charge in [0.15, 0.2) is 0 Å². The lowest BCUT2D eigenvalue weighted by molar-refractivity contribution is -0.130. The van der Waals surface area contributed by atoms with Crippen molar-refractivity contribution in [3.8, 4) is 0 Å². The molecule has 1 aliphatic rings. The Morgan fingerprint density at radius 2 is 1.54 bits per heavy atom. The fourth-order valence-electron chi connectivity index (χ4n) is 2.59. The summed E-state index contributed by atoms with van der Waals surface area (Å²) in [6.45, 7) is 0.107. The Kier molecular flexibility index (Phi) is 4.36. The van der Waals surface area contributed by atoms with Crippen LogP contribution in [0.1, 0.15) is 26.3 Å². The van der Waals surface area contributed by atoms with Crippen molar-refractivity contribution in [1.29, 1.82) is 0 Å². The van der Waals surface area contributed by atoms with Gasteiger partial charge >= 0.3 is 0 Å². The van der Waals surface area contributed by atoms with Gasteiger partial charge in [-0.05, 0) is 29.8 Å². The Bertz CT molecular complexity index is 782. The molecule has 0 saturated heterocycles. The number of carbonyl (C=O) groups is 3. The van der Waals surface area contributed by atoms with Crippen LogP contribution in [0.5, 0.6) is 0 Å². The first-order chi connectivity index (χ1) is 11.5. The summed E-state index contributed by atoms with van der Waals surface area (Å²) in [5.74, 6) is -1.16. The number of fused-ring (bicyclic) bond motifs is 1. The van der Waals surface area contributed by atoms with Gasteiger partial charge in [-0.15, -0.1) is 0 Å². The van der Waals surface area contributed by atoms with Crippen molar-refractivity contribution in [3.05, 3.63) is 70.2 Å². The third kappa shape index (κ3) is 3.03. The number of benzene rings is 2. The molecule has 0 spiro atoms. The molecule has 122 valence electrons. The van der Waals surface area contributed by atoms with Crippen molar-refractivity contribution < 1.29 is 14.4 Å². The van der Waals surface area contributed by atoms with Crippen molar-refractivity contribution in [1.82, 2.24) is 9.80 Å². The summed E-state index contributed by atoms with van der Waals surface area (Å²) in [4.78, 5) is 39.4. The van der Waals surface area contributed by atoms with Gasteiger partial charge in [0.25, 0.3) is 11.8 Å². The standard InChI is InChI=1S/C18H15ClN2O3/c1-20(10-12-6-8-13(19)9-7-12)16(22)11-21-17(23)14-4-2-3-5-15(14)18(21)24/h2-9H,10-11H2,1H3. The zero-order valence-corrected chi connectivity index (χ0v) is 13.8. The first-order valence-corrected chi connectivity index (χ1v) is 7.79.